The molecule has 0 radical (unpaired) electrons. The maximum atomic E-state index is 12.4. The average Bonchev–Trinajstić information content (AvgIpc) is 2.59. The van der Waals surface area contributed by atoms with Gasteiger partial charge in [0.15, 0.2) is 0 Å². The third-order valence-corrected chi connectivity index (χ3v) is 4.36. The van der Waals surface area contributed by atoms with Crippen LogP contribution in [0, 0.1) is 13.8 Å². The first kappa shape index (κ1) is 18.2. The minimum absolute atomic E-state index is 0.228. The number of pyridine rings is 1. The SMILES string of the molecule is Cc1ccc(Oc2ccc(NC(=O)c3c(Cl)cccc3Cl)cn2)c(C)c1. The summed E-state index contributed by atoms with van der Waals surface area (Å²) in [6, 6.07) is 14.2. The lowest BCUT2D eigenvalue weighted by Crippen LogP contribution is -2.13. The van der Waals surface area contributed by atoms with E-state index in [2.05, 4.69) is 10.3 Å². The van der Waals surface area contributed by atoms with Gasteiger partial charge in [-0.25, -0.2) is 4.98 Å². The molecule has 2 aromatic carbocycles. The van der Waals surface area contributed by atoms with Crippen molar-refractivity contribution in [3.8, 4) is 11.6 Å². The molecule has 1 aromatic heterocycles. The second-order valence-corrected chi connectivity index (χ2v) is 6.62. The fourth-order valence-corrected chi connectivity index (χ4v) is 3.02. The Morgan fingerprint density at radius 1 is 1.04 bits per heavy atom. The van der Waals surface area contributed by atoms with Gasteiger partial charge in [0.05, 0.1) is 27.5 Å². The molecule has 0 fully saturated rings. The summed E-state index contributed by atoms with van der Waals surface area (Å²) in [4.78, 5) is 16.6. The minimum Gasteiger partial charge on any atom is -0.439 e. The van der Waals surface area contributed by atoms with Gasteiger partial charge in [-0.2, -0.15) is 0 Å². The summed E-state index contributed by atoms with van der Waals surface area (Å²) in [5, 5.41) is 3.30. The van der Waals surface area contributed by atoms with Crippen molar-refractivity contribution in [2.24, 2.45) is 0 Å². The van der Waals surface area contributed by atoms with Crippen LogP contribution in [-0.2, 0) is 0 Å². The topological polar surface area (TPSA) is 51.2 Å². The number of aryl methyl sites for hydroxylation is 2. The molecule has 3 aromatic rings. The predicted octanol–water partition coefficient (Wildman–Crippen LogP) is 6.05. The van der Waals surface area contributed by atoms with E-state index in [0.717, 1.165) is 11.3 Å². The van der Waals surface area contributed by atoms with Gasteiger partial charge in [0, 0.05) is 6.07 Å². The molecule has 0 bridgehead atoms. The minimum atomic E-state index is -0.398. The van der Waals surface area contributed by atoms with Crippen molar-refractivity contribution in [2.45, 2.75) is 13.8 Å². The molecule has 0 saturated heterocycles. The van der Waals surface area contributed by atoms with Crippen LogP contribution in [0.5, 0.6) is 11.6 Å². The summed E-state index contributed by atoms with van der Waals surface area (Å²) in [7, 11) is 0. The Morgan fingerprint density at radius 3 is 2.38 bits per heavy atom. The largest absolute Gasteiger partial charge is 0.439 e. The molecule has 0 aliphatic carbocycles. The highest BCUT2D eigenvalue weighted by Crippen LogP contribution is 2.27. The molecule has 1 amide bonds. The Morgan fingerprint density at radius 2 is 1.77 bits per heavy atom. The van der Waals surface area contributed by atoms with E-state index < -0.39 is 5.91 Å². The lowest BCUT2D eigenvalue weighted by molar-refractivity contribution is 0.102. The van der Waals surface area contributed by atoms with Crippen LogP contribution in [0.2, 0.25) is 10.0 Å². The smallest absolute Gasteiger partial charge is 0.258 e. The van der Waals surface area contributed by atoms with Gasteiger partial charge in [0.25, 0.3) is 5.91 Å². The van der Waals surface area contributed by atoms with Crippen molar-refractivity contribution in [1.82, 2.24) is 4.98 Å². The maximum Gasteiger partial charge on any atom is 0.258 e. The number of rotatable bonds is 4. The Balaban J connectivity index is 1.72. The van der Waals surface area contributed by atoms with E-state index >= 15 is 0 Å². The average molecular weight is 387 g/mol. The van der Waals surface area contributed by atoms with Gasteiger partial charge < -0.3 is 10.1 Å². The van der Waals surface area contributed by atoms with Gasteiger partial charge >= 0.3 is 0 Å². The van der Waals surface area contributed by atoms with E-state index in [1.54, 1.807) is 30.3 Å². The van der Waals surface area contributed by atoms with E-state index in [1.807, 2.05) is 32.0 Å². The summed E-state index contributed by atoms with van der Waals surface area (Å²) in [5.41, 5.74) is 2.93. The number of anilines is 1. The Labute approximate surface area is 161 Å². The van der Waals surface area contributed by atoms with Crippen molar-refractivity contribution in [2.75, 3.05) is 5.32 Å². The molecule has 132 valence electrons. The molecule has 1 heterocycles. The highest BCUT2D eigenvalue weighted by Gasteiger charge is 2.15. The zero-order valence-electron chi connectivity index (χ0n) is 14.2. The molecule has 0 spiro atoms. The quantitative estimate of drug-likeness (QED) is 0.593. The highest BCUT2D eigenvalue weighted by molar-refractivity contribution is 6.40. The highest BCUT2D eigenvalue weighted by atomic mass is 35.5. The number of carbonyl (C=O) groups excluding carboxylic acids is 1. The molecule has 0 saturated carbocycles. The molecular weight excluding hydrogens is 371 g/mol. The Kier molecular flexibility index (Phi) is 5.45. The summed E-state index contributed by atoms with van der Waals surface area (Å²) in [6.07, 6.45) is 1.52. The molecule has 0 atom stereocenters. The number of hydrogen-bond donors (Lipinski definition) is 1. The van der Waals surface area contributed by atoms with Gasteiger partial charge in [-0.3, -0.25) is 4.79 Å². The van der Waals surface area contributed by atoms with Crippen molar-refractivity contribution >= 4 is 34.8 Å². The zero-order valence-corrected chi connectivity index (χ0v) is 15.7. The maximum absolute atomic E-state index is 12.4. The number of amides is 1. The first-order valence-corrected chi connectivity index (χ1v) is 8.66. The first-order chi connectivity index (χ1) is 12.4. The summed E-state index contributed by atoms with van der Waals surface area (Å²) in [5.74, 6) is 0.777. The van der Waals surface area contributed by atoms with Gasteiger partial charge in [-0.05, 0) is 43.7 Å². The lowest BCUT2D eigenvalue weighted by atomic mass is 10.1. The van der Waals surface area contributed by atoms with Crippen molar-refractivity contribution in [1.29, 1.82) is 0 Å². The van der Waals surface area contributed by atoms with Crippen LogP contribution in [0.4, 0.5) is 5.69 Å². The Bertz CT molecular complexity index is 936. The number of hydrogen-bond acceptors (Lipinski definition) is 3. The number of ether oxygens (including phenoxy) is 1. The van der Waals surface area contributed by atoms with Gasteiger partial charge in [-0.15, -0.1) is 0 Å². The van der Waals surface area contributed by atoms with E-state index in [-0.39, 0.29) is 15.6 Å². The third-order valence-electron chi connectivity index (χ3n) is 3.73. The Hall–Kier alpha value is -2.56. The molecule has 3 rings (SSSR count). The fourth-order valence-electron chi connectivity index (χ4n) is 2.45. The molecular formula is C20H16Cl2N2O2. The monoisotopic (exact) mass is 386 g/mol. The van der Waals surface area contributed by atoms with Crippen molar-refractivity contribution in [3.05, 3.63) is 81.5 Å². The number of benzene rings is 2. The van der Waals surface area contributed by atoms with E-state index in [0.29, 0.717) is 11.6 Å². The normalized spacial score (nSPS) is 10.5. The summed E-state index contributed by atoms with van der Waals surface area (Å²) in [6.45, 7) is 4.00. The van der Waals surface area contributed by atoms with Crippen LogP contribution >= 0.6 is 23.2 Å². The molecule has 4 nitrogen and oxygen atoms in total. The van der Waals surface area contributed by atoms with Crippen LogP contribution < -0.4 is 10.1 Å². The first-order valence-electron chi connectivity index (χ1n) is 7.90. The third kappa shape index (κ3) is 4.15. The molecule has 0 unspecified atom stereocenters. The number of halogens is 2. The second-order valence-electron chi connectivity index (χ2n) is 5.81. The summed E-state index contributed by atoms with van der Waals surface area (Å²) >= 11 is 12.1. The van der Waals surface area contributed by atoms with Gasteiger partial charge in [-0.1, -0.05) is 47.0 Å². The number of nitrogens with one attached hydrogen (secondary N) is 1. The molecule has 1 N–H and O–H groups in total. The summed E-state index contributed by atoms with van der Waals surface area (Å²) < 4.78 is 5.78. The molecule has 26 heavy (non-hydrogen) atoms. The number of aromatic nitrogens is 1. The van der Waals surface area contributed by atoms with E-state index in [9.17, 15) is 4.79 Å². The zero-order chi connectivity index (χ0) is 18.7. The standard InChI is InChI=1S/C20H16Cl2N2O2/c1-12-6-8-17(13(2)10-12)26-18-9-7-14(11-23-18)24-20(25)19-15(21)4-3-5-16(19)22/h3-11H,1-2H3,(H,24,25). The number of nitrogens with zero attached hydrogens (tertiary/aromatic N) is 1. The van der Waals surface area contributed by atoms with Crippen molar-refractivity contribution < 1.29 is 9.53 Å². The fraction of sp³-hybridized carbons (Fsp3) is 0.100. The lowest BCUT2D eigenvalue weighted by Gasteiger charge is -2.10. The van der Waals surface area contributed by atoms with Crippen LogP contribution in [0.1, 0.15) is 21.5 Å². The van der Waals surface area contributed by atoms with E-state index in [1.165, 1.54) is 11.8 Å². The second kappa shape index (κ2) is 7.77. The van der Waals surface area contributed by atoms with Crippen LogP contribution in [0.25, 0.3) is 0 Å². The predicted molar refractivity (Wildman–Crippen MR) is 105 cm³/mol. The van der Waals surface area contributed by atoms with Gasteiger partial charge in [0.1, 0.15) is 5.75 Å². The van der Waals surface area contributed by atoms with Gasteiger partial charge in [0.2, 0.25) is 5.88 Å². The van der Waals surface area contributed by atoms with Crippen LogP contribution in [0.15, 0.2) is 54.7 Å². The molecule has 0 aliphatic rings. The molecule has 0 aliphatic heterocycles. The number of carbonyl (C=O) groups is 1. The van der Waals surface area contributed by atoms with Crippen LogP contribution in [-0.4, -0.2) is 10.9 Å². The van der Waals surface area contributed by atoms with E-state index in [4.69, 9.17) is 27.9 Å². The van der Waals surface area contributed by atoms with Crippen molar-refractivity contribution in [3.63, 3.8) is 0 Å². The van der Waals surface area contributed by atoms with Crippen LogP contribution in [0.3, 0.4) is 0 Å². The molecule has 6 heteroatoms.